The first-order valence-corrected chi connectivity index (χ1v) is 9.28. The van der Waals surface area contributed by atoms with Gasteiger partial charge in [0.2, 0.25) is 0 Å². The Hall–Kier alpha value is -1.25. The molecule has 1 heterocycles. The molecule has 9 nitrogen and oxygen atoms in total. The maximum absolute atomic E-state index is 12.0. The molecule has 0 aliphatic heterocycles. The van der Waals surface area contributed by atoms with E-state index >= 15 is 0 Å². The summed E-state index contributed by atoms with van der Waals surface area (Å²) in [5, 5.41) is 12.4. The van der Waals surface area contributed by atoms with Crippen LogP contribution in [0.3, 0.4) is 0 Å². The molecule has 0 bridgehead atoms. The van der Waals surface area contributed by atoms with E-state index in [1.165, 1.54) is 23.6 Å². The minimum atomic E-state index is -4.32. The molecule has 130 valence electrons. The number of anilines is 1. The van der Waals surface area contributed by atoms with Gasteiger partial charge in [0, 0.05) is 12.2 Å². The Morgan fingerprint density at radius 2 is 2.13 bits per heavy atom. The predicted octanol–water partition coefficient (Wildman–Crippen LogP) is 0.111. The first-order valence-electron chi connectivity index (χ1n) is 7.48. The summed E-state index contributed by atoms with van der Waals surface area (Å²) in [5.41, 5.74) is -0.508. The van der Waals surface area contributed by atoms with E-state index in [9.17, 15) is 14.5 Å². The van der Waals surface area contributed by atoms with Gasteiger partial charge in [-0.15, -0.1) is 0 Å². The lowest BCUT2D eigenvalue weighted by Crippen LogP contribution is -2.32. The minimum Gasteiger partial charge on any atom is -0.394 e. The fourth-order valence-electron chi connectivity index (χ4n) is 2.51. The molecule has 0 spiro atoms. The van der Waals surface area contributed by atoms with Gasteiger partial charge in [-0.3, -0.25) is 9.13 Å². The summed E-state index contributed by atoms with van der Waals surface area (Å²) >= 11 is 0. The van der Waals surface area contributed by atoms with Crippen molar-refractivity contribution < 1.29 is 24.2 Å². The third kappa shape index (κ3) is 6.04. The van der Waals surface area contributed by atoms with E-state index in [0.29, 0.717) is 11.9 Å². The maximum atomic E-state index is 12.0. The summed E-state index contributed by atoms with van der Waals surface area (Å²) < 4.78 is 17.0. The number of aliphatic hydroxyl groups excluding tert-OH is 1. The molecule has 23 heavy (non-hydrogen) atoms. The van der Waals surface area contributed by atoms with Gasteiger partial charge in [-0.25, -0.2) is 4.79 Å². The lowest BCUT2D eigenvalue weighted by molar-refractivity contribution is 0.0188. The van der Waals surface area contributed by atoms with Crippen molar-refractivity contribution >= 4 is 13.4 Å². The highest BCUT2D eigenvalue weighted by Gasteiger charge is 2.19. The van der Waals surface area contributed by atoms with E-state index in [1.54, 1.807) is 6.07 Å². The largest absolute Gasteiger partial charge is 0.394 e. The van der Waals surface area contributed by atoms with E-state index in [4.69, 9.17) is 14.5 Å². The van der Waals surface area contributed by atoms with Gasteiger partial charge in [0.05, 0.1) is 19.3 Å². The topological polar surface area (TPSA) is 134 Å². The van der Waals surface area contributed by atoms with E-state index in [2.05, 4.69) is 10.3 Å². The quantitative estimate of drug-likeness (QED) is 0.487. The van der Waals surface area contributed by atoms with Crippen LogP contribution in [0.2, 0.25) is 0 Å². The van der Waals surface area contributed by atoms with Crippen LogP contribution in [-0.4, -0.2) is 49.5 Å². The number of hydrogen-bond donors (Lipinski definition) is 4. The summed E-state index contributed by atoms with van der Waals surface area (Å²) in [4.78, 5) is 33.5. The molecule has 1 aliphatic carbocycles. The van der Waals surface area contributed by atoms with E-state index in [-0.39, 0.29) is 6.54 Å². The monoisotopic (exact) mass is 347 g/mol. The van der Waals surface area contributed by atoms with Crippen molar-refractivity contribution in [1.29, 1.82) is 0 Å². The average molecular weight is 347 g/mol. The highest BCUT2D eigenvalue weighted by atomic mass is 31.2. The van der Waals surface area contributed by atoms with Crippen molar-refractivity contribution in [1.82, 2.24) is 9.55 Å². The van der Waals surface area contributed by atoms with E-state index in [1.807, 2.05) is 0 Å². The SMILES string of the molecule is O=c1nc(NC2CCCC2)ccn1C[C@@H](CO)OCP(=O)(O)O. The number of nitrogens with zero attached hydrogens (tertiary/aromatic N) is 2. The van der Waals surface area contributed by atoms with Gasteiger partial charge in [0.1, 0.15) is 12.2 Å². The molecule has 1 saturated carbocycles. The molecule has 10 heteroatoms. The molecule has 1 aromatic rings. The molecule has 1 aliphatic rings. The van der Waals surface area contributed by atoms with Gasteiger partial charge < -0.3 is 24.9 Å². The van der Waals surface area contributed by atoms with E-state index in [0.717, 1.165) is 12.8 Å². The van der Waals surface area contributed by atoms with Crippen LogP contribution in [-0.2, 0) is 15.8 Å². The first kappa shape index (κ1) is 18.1. The Bertz CT molecular complexity index is 610. The highest BCUT2D eigenvalue weighted by Crippen LogP contribution is 2.34. The van der Waals surface area contributed by atoms with Crippen LogP contribution in [0.1, 0.15) is 25.7 Å². The smallest absolute Gasteiger partial charge is 0.350 e. The van der Waals surface area contributed by atoms with Crippen molar-refractivity contribution in [3.63, 3.8) is 0 Å². The van der Waals surface area contributed by atoms with Crippen LogP contribution in [0.4, 0.5) is 5.82 Å². The summed E-state index contributed by atoms with van der Waals surface area (Å²) in [6.07, 6.45) is 4.29. The van der Waals surface area contributed by atoms with Crippen LogP contribution in [0, 0.1) is 0 Å². The first-order chi connectivity index (χ1) is 10.9. The van der Waals surface area contributed by atoms with Gasteiger partial charge in [0.15, 0.2) is 0 Å². The second-order valence-corrected chi connectivity index (χ2v) is 7.23. The normalized spacial score (nSPS) is 17.3. The zero-order chi connectivity index (χ0) is 16.9. The van der Waals surface area contributed by atoms with Crippen molar-refractivity contribution in [2.24, 2.45) is 0 Å². The number of ether oxygens (including phenoxy) is 1. The van der Waals surface area contributed by atoms with Gasteiger partial charge >= 0.3 is 13.3 Å². The van der Waals surface area contributed by atoms with E-state index < -0.39 is 32.3 Å². The standard InChI is InChI=1S/C13H22N3O6P/c17-8-11(22-9-23(19,20)21)7-16-6-5-12(15-13(16)18)14-10-3-1-2-4-10/h5-6,10-11,17H,1-4,7-9H2,(H,14,15,18)(H2,19,20,21)/t11-/m0/s1. The predicted molar refractivity (Wildman–Crippen MR) is 83.2 cm³/mol. The number of nitrogens with one attached hydrogen (secondary N) is 1. The molecular formula is C13H22N3O6P. The fraction of sp³-hybridized carbons (Fsp3) is 0.692. The Kier molecular flexibility index (Phi) is 6.32. The van der Waals surface area contributed by atoms with Crippen LogP contribution in [0.15, 0.2) is 17.1 Å². The van der Waals surface area contributed by atoms with Crippen molar-refractivity contribution in [3.8, 4) is 0 Å². The second kappa shape index (κ2) is 8.03. The number of hydrogen-bond acceptors (Lipinski definition) is 6. The zero-order valence-electron chi connectivity index (χ0n) is 12.7. The maximum Gasteiger partial charge on any atom is 0.350 e. The lowest BCUT2D eigenvalue weighted by Gasteiger charge is -2.17. The lowest BCUT2D eigenvalue weighted by atomic mass is 10.2. The molecular weight excluding hydrogens is 325 g/mol. The summed E-state index contributed by atoms with van der Waals surface area (Å²) in [6, 6.07) is 2.01. The Morgan fingerprint density at radius 1 is 1.43 bits per heavy atom. The molecule has 1 fully saturated rings. The van der Waals surface area contributed by atoms with Crippen LogP contribution in [0.5, 0.6) is 0 Å². The molecule has 0 amide bonds. The molecule has 0 radical (unpaired) electrons. The highest BCUT2D eigenvalue weighted by molar-refractivity contribution is 7.51. The third-order valence-corrected chi connectivity index (χ3v) is 4.15. The Labute approximate surface area is 133 Å². The second-order valence-electron chi connectivity index (χ2n) is 5.64. The van der Waals surface area contributed by atoms with Gasteiger partial charge in [-0.2, -0.15) is 4.98 Å². The summed E-state index contributed by atoms with van der Waals surface area (Å²) in [5.74, 6) is 0.509. The van der Waals surface area contributed by atoms with Gasteiger partial charge in [-0.1, -0.05) is 12.8 Å². The van der Waals surface area contributed by atoms with Gasteiger partial charge in [-0.05, 0) is 18.9 Å². The molecule has 2 rings (SSSR count). The molecule has 4 N–H and O–H groups in total. The van der Waals surface area contributed by atoms with Crippen LogP contribution in [0.25, 0.3) is 0 Å². The van der Waals surface area contributed by atoms with Crippen LogP contribution < -0.4 is 11.0 Å². The number of aromatic nitrogens is 2. The molecule has 1 atom stereocenters. The summed E-state index contributed by atoms with van der Waals surface area (Å²) in [7, 11) is -4.32. The van der Waals surface area contributed by atoms with Crippen molar-refractivity contribution in [2.75, 3.05) is 18.3 Å². The van der Waals surface area contributed by atoms with Crippen LogP contribution >= 0.6 is 7.60 Å². The molecule has 0 unspecified atom stereocenters. The minimum absolute atomic E-state index is 0.0357. The molecule has 1 aromatic heterocycles. The van der Waals surface area contributed by atoms with Gasteiger partial charge in [0.25, 0.3) is 0 Å². The zero-order valence-corrected chi connectivity index (χ0v) is 13.6. The van der Waals surface area contributed by atoms with Crippen molar-refractivity contribution in [3.05, 3.63) is 22.7 Å². The van der Waals surface area contributed by atoms with Crippen molar-refractivity contribution in [2.45, 2.75) is 44.4 Å². The number of aliphatic hydroxyl groups is 1. The Balaban J connectivity index is 1.96. The number of rotatable bonds is 8. The molecule has 0 aromatic carbocycles. The molecule has 0 saturated heterocycles. The Morgan fingerprint density at radius 3 is 2.70 bits per heavy atom. The third-order valence-electron chi connectivity index (χ3n) is 3.66. The summed E-state index contributed by atoms with van der Waals surface area (Å²) in [6.45, 7) is -0.499. The fourth-order valence-corrected chi connectivity index (χ4v) is 2.92. The average Bonchev–Trinajstić information content (AvgIpc) is 2.97.